The van der Waals surface area contributed by atoms with Crippen molar-refractivity contribution in [3.8, 4) is 44.5 Å². The predicted octanol–water partition coefficient (Wildman–Crippen LogP) is 19.2. The molecule has 0 aliphatic heterocycles. The minimum atomic E-state index is -0.510. The Morgan fingerprint density at radius 3 is 1.59 bits per heavy atom. The summed E-state index contributed by atoms with van der Waals surface area (Å²) >= 11 is 1.86. The highest BCUT2D eigenvalue weighted by Gasteiger charge is 2.49. The third kappa shape index (κ3) is 6.87. The number of benzene rings is 10. The van der Waals surface area contributed by atoms with Gasteiger partial charge >= 0.3 is 0 Å². The standard InChI is InChI=1S/C69H55NS/c1-67(2)41-42-68(3,4)62-45-60-58(44-61(62)67)66-56(31-20-32-59(66)69(60,48-23-10-6-11-24-48)49-25-12-7-13-26-49)54-29-15-14-27-52(54)47-35-37-50(38-36-47)70(63-33-18-16-28-53(63)46-21-8-5-9-22-46)51-39-40-65-57(43-51)55-30-17-19-34-64(55)71-65/h5-40,43-45H,41-42H2,1-4H3. The molecule has 0 fully saturated rings. The van der Waals surface area contributed by atoms with E-state index in [4.69, 9.17) is 0 Å². The Balaban J connectivity index is 1.00. The Hall–Kier alpha value is -7.78. The zero-order chi connectivity index (χ0) is 47.9. The van der Waals surface area contributed by atoms with E-state index in [0.29, 0.717) is 0 Å². The minimum Gasteiger partial charge on any atom is -0.310 e. The maximum Gasteiger partial charge on any atom is 0.0713 e. The SMILES string of the molecule is CC1(C)CCC(C)(C)c2cc3c(cc21)-c1c(-c2ccccc2-c2ccc(N(c4ccc5sc6ccccc6c5c4)c4ccccc4-c4ccccc4)cc2)cccc1C3(c1ccccc1)c1ccccc1. The summed E-state index contributed by atoms with van der Waals surface area (Å²) in [5, 5.41) is 2.58. The van der Waals surface area contributed by atoms with Gasteiger partial charge in [0, 0.05) is 37.1 Å². The molecule has 0 bridgehead atoms. The molecule has 2 aliphatic rings. The second kappa shape index (κ2) is 16.7. The van der Waals surface area contributed by atoms with E-state index in [9.17, 15) is 0 Å². The van der Waals surface area contributed by atoms with Gasteiger partial charge in [0.15, 0.2) is 0 Å². The Morgan fingerprint density at radius 1 is 0.352 bits per heavy atom. The van der Waals surface area contributed by atoms with Crippen molar-refractivity contribution in [2.24, 2.45) is 0 Å². The number of anilines is 3. The van der Waals surface area contributed by atoms with Gasteiger partial charge in [-0.25, -0.2) is 0 Å². The van der Waals surface area contributed by atoms with Crippen molar-refractivity contribution < 1.29 is 0 Å². The van der Waals surface area contributed by atoms with Crippen molar-refractivity contribution in [1.82, 2.24) is 0 Å². The summed E-state index contributed by atoms with van der Waals surface area (Å²) in [6.07, 6.45) is 2.33. The molecule has 0 unspecified atom stereocenters. The summed E-state index contributed by atoms with van der Waals surface area (Å²) < 4.78 is 2.61. The largest absolute Gasteiger partial charge is 0.310 e. The number of rotatable bonds is 8. The number of hydrogen-bond donors (Lipinski definition) is 0. The van der Waals surface area contributed by atoms with Crippen molar-refractivity contribution >= 4 is 48.6 Å². The fourth-order valence-corrected chi connectivity index (χ4v) is 13.5. The van der Waals surface area contributed by atoms with Gasteiger partial charge in [-0.3, -0.25) is 0 Å². The zero-order valence-corrected chi connectivity index (χ0v) is 41.6. The van der Waals surface area contributed by atoms with Gasteiger partial charge in [-0.05, 0) is 145 Å². The quantitative estimate of drug-likeness (QED) is 0.147. The van der Waals surface area contributed by atoms with Crippen LogP contribution in [0.3, 0.4) is 0 Å². The van der Waals surface area contributed by atoms with E-state index in [2.05, 4.69) is 269 Å². The maximum absolute atomic E-state index is 2.64. The molecular formula is C69H55NS. The van der Waals surface area contributed by atoms with Gasteiger partial charge in [0.05, 0.1) is 11.1 Å². The Bertz CT molecular complexity index is 3760. The van der Waals surface area contributed by atoms with Gasteiger partial charge in [0.2, 0.25) is 0 Å². The molecule has 10 aromatic carbocycles. The molecular weight excluding hydrogens is 875 g/mol. The average Bonchev–Trinajstić information content (AvgIpc) is 3.94. The fourth-order valence-electron chi connectivity index (χ4n) is 12.4. The molecule has 2 heteroatoms. The van der Waals surface area contributed by atoms with Gasteiger partial charge in [-0.1, -0.05) is 216 Å². The molecule has 1 aromatic heterocycles. The number of hydrogen-bond acceptors (Lipinski definition) is 2. The molecule has 0 N–H and O–H groups in total. The molecule has 0 spiro atoms. The van der Waals surface area contributed by atoms with E-state index < -0.39 is 5.41 Å². The van der Waals surface area contributed by atoms with Crippen LogP contribution in [-0.2, 0) is 16.2 Å². The molecule has 2 aliphatic carbocycles. The lowest BCUT2D eigenvalue weighted by molar-refractivity contribution is 0.331. The van der Waals surface area contributed by atoms with Crippen LogP contribution in [0.4, 0.5) is 17.1 Å². The van der Waals surface area contributed by atoms with E-state index >= 15 is 0 Å². The summed E-state index contributed by atoms with van der Waals surface area (Å²) in [5.41, 5.74) is 21.2. The van der Waals surface area contributed by atoms with Crippen molar-refractivity contribution in [2.45, 2.75) is 56.8 Å². The molecule has 0 amide bonds. The maximum atomic E-state index is 2.64. The van der Waals surface area contributed by atoms with Gasteiger partial charge in [0.25, 0.3) is 0 Å². The lowest BCUT2D eigenvalue weighted by Crippen LogP contribution is -2.35. The fraction of sp³-hybridized carbons (Fsp3) is 0.130. The van der Waals surface area contributed by atoms with Crippen LogP contribution in [0.15, 0.2) is 237 Å². The molecule has 342 valence electrons. The van der Waals surface area contributed by atoms with E-state index in [-0.39, 0.29) is 10.8 Å². The second-order valence-corrected chi connectivity index (χ2v) is 22.1. The first kappa shape index (κ1) is 43.3. The number of nitrogens with zero attached hydrogens (tertiary/aromatic N) is 1. The number of thiophene rings is 1. The topological polar surface area (TPSA) is 3.24 Å². The summed E-state index contributed by atoms with van der Waals surface area (Å²) in [4.78, 5) is 2.45. The number of fused-ring (bicyclic) bond motifs is 7. The molecule has 0 atom stereocenters. The molecule has 11 aromatic rings. The second-order valence-electron chi connectivity index (χ2n) is 21.0. The highest BCUT2D eigenvalue weighted by Crippen LogP contribution is 2.61. The van der Waals surface area contributed by atoms with Crippen molar-refractivity contribution in [1.29, 1.82) is 0 Å². The highest BCUT2D eigenvalue weighted by atomic mass is 32.1. The molecule has 0 radical (unpaired) electrons. The summed E-state index contributed by atoms with van der Waals surface area (Å²) in [7, 11) is 0. The molecule has 1 nitrogen and oxygen atoms in total. The van der Waals surface area contributed by atoms with Gasteiger partial charge in [-0.2, -0.15) is 0 Å². The third-order valence-electron chi connectivity index (χ3n) is 16.0. The van der Waals surface area contributed by atoms with Crippen LogP contribution >= 0.6 is 11.3 Å². The highest BCUT2D eigenvalue weighted by molar-refractivity contribution is 7.25. The van der Waals surface area contributed by atoms with E-state index in [1.165, 1.54) is 98.1 Å². The van der Waals surface area contributed by atoms with Gasteiger partial charge in [0.1, 0.15) is 0 Å². The van der Waals surface area contributed by atoms with Crippen LogP contribution in [0.5, 0.6) is 0 Å². The van der Waals surface area contributed by atoms with E-state index in [1.54, 1.807) is 0 Å². The molecule has 0 saturated carbocycles. The molecule has 71 heavy (non-hydrogen) atoms. The third-order valence-corrected chi connectivity index (χ3v) is 17.2. The van der Waals surface area contributed by atoms with Crippen molar-refractivity contribution in [3.63, 3.8) is 0 Å². The van der Waals surface area contributed by atoms with Crippen molar-refractivity contribution in [2.75, 3.05) is 4.90 Å². The van der Waals surface area contributed by atoms with E-state index in [0.717, 1.165) is 29.9 Å². The van der Waals surface area contributed by atoms with Crippen LogP contribution in [0.1, 0.15) is 73.9 Å². The molecule has 13 rings (SSSR count). The molecule has 0 saturated heterocycles. The molecule has 1 heterocycles. The first-order chi connectivity index (χ1) is 34.7. The number of para-hydroxylation sites is 1. The lowest BCUT2D eigenvalue weighted by Gasteiger charge is -2.43. The normalized spacial score (nSPS) is 15.0. The monoisotopic (exact) mass is 929 g/mol. The minimum absolute atomic E-state index is 0.0537. The summed E-state index contributed by atoms with van der Waals surface area (Å²) in [6.45, 7) is 9.83. The van der Waals surface area contributed by atoms with Crippen LogP contribution in [0.2, 0.25) is 0 Å². The first-order valence-corrected chi connectivity index (χ1v) is 26.0. The Morgan fingerprint density at radius 2 is 0.887 bits per heavy atom. The van der Waals surface area contributed by atoms with Crippen LogP contribution in [0, 0.1) is 0 Å². The van der Waals surface area contributed by atoms with Crippen LogP contribution in [-0.4, -0.2) is 0 Å². The van der Waals surface area contributed by atoms with E-state index in [1.807, 2.05) is 11.3 Å². The first-order valence-electron chi connectivity index (χ1n) is 25.2. The smallest absolute Gasteiger partial charge is 0.0713 e. The Labute approximate surface area is 422 Å². The van der Waals surface area contributed by atoms with Crippen LogP contribution < -0.4 is 4.90 Å². The summed E-state index contributed by atoms with van der Waals surface area (Å²) in [5.74, 6) is 0. The average molecular weight is 930 g/mol. The van der Waals surface area contributed by atoms with Gasteiger partial charge < -0.3 is 4.90 Å². The predicted molar refractivity (Wildman–Crippen MR) is 303 cm³/mol. The van der Waals surface area contributed by atoms with Crippen molar-refractivity contribution in [3.05, 3.63) is 270 Å². The Kier molecular flexibility index (Phi) is 10.2. The van der Waals surface area contributed by atoms with Gasteiger partial charge in [-0.15, -0.1) is 11.3 Å². The summed E-state index contributed by atoms with van der Waals surface area (Å²) in [6, 6.07) is 88.7. The zero-order valence-electron chi connectivity index (χ0n) is 40.8. The lowest BCUT2D eigenvalue weighted by atomic mass is 9.61. The van der Waals surface area contributed by atoms with Crippen LogP contribution in [0.25, 0.3) is 64.7 Å².